The molecule has 284 valence electrons. The summed E-state index contributed by atoms with van der Waals surface area (Å²) in [6.07, 6.45) is 35.7. The Labute approximate surface area is 300 Å². The van der Waals surface area contributed by atoms with Crippen molar-refractivity contribution >= 4 is 11.9 Å². The lowest BCUT2D eigenvalue weighted by Gasteiger charge is -2.26. The molecule has 7 heteroatoms. The zero-order chi connectivity index (χ0) is 34.5. The molecule has 0 amide bonds. The second-order valence-corrected chi connectivity index (χ2v) is 15.9. The molecule has 0 aromatic carbocycles. The van der Waals surface area contributed by atoms with E-state index in [1.54, 1.807) is 0 Å². The maximum atomic E-state index is 13.0. The number of hydrogen-bond acceptors (Lipinski definition) is 7. The topological polar surface area (TPSA) is 90.2 Å². The van der Waals surface area contributed by atoms with E-state index in [1.807, 2.05) is 0 Å². The molecular weight excluding hydrogens is 616 g/mol. The monoisotopic (exact) mass is 691 g/mol. The molecule has 0 radical (unpaired) electrons. The zero-order valence-electron chi connectivity index (χ0n) is 31.7. The van der Waals surface area contributed by atoms with Gasteiger partial charge in [-0.2, -0.15) is 0 Å². The first kappa shape index (κ1) is 40.6. The van der Waals surface area contributed by atoms with E-state index in [1.165, 1.54) is 141 Å². The van der Waals surface area contributed by atoms with Crippen molar-refractivity contribution in [3.05, 3.63) is 0 Å². The number of carbonyl (C=O) groups is 2. The molecule has 1 aliphatic carbocycles. The lowest BCUT2D eigenvalue weighted by Crippen LogP contribution is -2.37. The number of esters is 2. The van der Waals surface area contributed by atoms with Gasteiger partial charge in [0.2, 0.25) is 0 Å². The van der Waals surface area contributed by atoms with Crippen molar-refractivity contribution in [2.24, 2.45) is 11.8 Å². The molecule has 0 aromatic heterocycles. The summed E-state index contributed by atoms with van der Waals surface area (Å²) in [5.74, 6) is -1.35. The van der Waals surface area contributed by atoms with Crippen molar-refractivity contribution in [1.82, 2.24) is 0 Å². The molecule has 8 unspecified atom stereocenters. The molecule has 0 aromatic rings. The van der Waals surface area contributed by atoms with Gasteiger partial charge < -0.3 is 23.7 Å². The van der Waals surface area contributed by atoms with Crippen LogP contribution < -0.4 is 0 Å². The van der Waals surface area contributed by atoms with Gasteiger partial charge in [-0.05, 0) is 51.4 Å². The molecule has 8 atom stereocenters. The number of fused-ring (bicyclic) bond motifs is 1. The number of epoxide rings is 3. The third-order valence-electron chi connectivity index (χ3n) is 11.6. The van der Waals surface area contributed by atoms with Crippen LogP contribution in [0, 0.1) is 11.8 Å². The van der Waals surface area contributed by atoms with Crippen LogP contribution in [0.3, 0.4) is 0 Å². The van der Waals surface area contributed by atoms with Crippen LogP contribution in [-0.4, -0.2) is 61.8 Å². The summed E-state index contributed by atoms with van der Waals surface area (Å²) in [4.78, 5) is 26.0. The first-order valence-corrected chi connectivity index (χ1v) is 21.4. The third kappa shape index (κ3) is 16.8. The number of rotatable bonds is 32. The molecule has 7 nitrogen and oxygen atoms in total. The van der Waals surface area contributed by atoms with Crippen molar-refractivity contribution in [2.75, 3.05) is 13.2 Å². The van der Waals surface area contributed by atoms with Gasteiger partial charge in [0.1, 0.15) is 0 Å². The summed E-state index contributed by atoms with van der Waals surface area (Å²) in [7, 11) is 0. The van der Waals surface area contributed by atoms with Crippen LogP contribution in [0.2, 0.25) is 0 Å². The molecular formula is C42H74O7. The van der Waals surface area contributed by atoms with Crippen LogP contribution in [-0.2, 0) is 33.3 Å². The second-order valence-electron chi connectivity index (χ2n) is 15.9. The smallest absolute Gasteiger partial charge is 0.309 e. The molecule has 4 fully saturated rings. The van der Waals surface area contributed by atoms with Crippen LogP contribution in [0.1, 0.15) is 194 Å². The van der Waals surface area contributed by atoms with Crippen molar-refractivity contribution in [3.63, 3.8) is 0 Å². The first-order valence-electron chi connectivity index (χ1n) is 21.4. The third-order valence-corrected chi connectivity index (χ3v) is 11.6. The largest absolute Gasteiger partial charge is 0.465 e. The summed E-state index contributed by atoms with van der Waals surface area (Å²) in [5, 5.41) is 0. The summed E-state index contributed by atoms with van der Waals surface area (Å²) in [5.41, 5.74) is 0. The first-order chi connectivity index (χ1) is 24.1. The van der Waals surface area contributed by atoms with Gasteiger partial charge in [-0.1, -0.05) is 142 Å². The van der Waals surface area contributed by atoms with Crippen molar-refractivity contribution in [1.29, 1.82) is 0 Å². The van der Waals surface area contributed by atoms with Crippen molar-refractivity contribution in [2.45, 2.75) is 230 Å². The Morgan fingerprint density at radius 3 is 1.08 bits per heavy atom. The molecule has 4 rings (SSSR count). The molecule has 3 saturated heterocycles. The molecule has 4 aliphatic rings. The molecule has 49 heavy (non-hydrogen) atoms. The normalized spacial score (nSPS) is 28.2. The Morgan fingerprint density at radius 2 is 0.735 bits per heavy atom. The lowest BCUT2D eigenvalue weighted by atomic mass is 9.79. The Balaban J connectivity index is 0.932. The predicted molar refractivity (Wildman–Crippen MR) is 196 cm³/mol. The van der Waals surface area contributed by atoms with E-state index < -0.39 is 11.8 Å². The number of unbranched alkanes of at least 4 members (excludes halogenated alkanes) is 18. The van der Waals surface area contributed by atoms with Crippen LogP contribution in [0.15, 0.2) is 0 Å². The SMILES string of the molecule is CCCCCCCC1OC1CCCCCCCCOC(=O)C1CC2OC2CC1C(=O)OCCCCCCCCC1OC1CCCCCCC. The predicted octanol–water partition coefficient (Wildman–Crippen LogP) is 10.6. The quantitative estimate of drug-likeness (QED) is 0.0394. The number of hydrogen-bond donors (Lipinski definition) is 0. The number of carbonyl (C=O) groups excluding carboxylic acids is 2. The minimum Gasteiger partial charge on any atom is -0.465 e. The van der Waals surface area contributed by atoms with Crippen molar-refractivity contribution < 1.29 is 33.3 Å². The summed E-state index contributed by atoms with van der Waals surface area (Å²) < 4.78 is 28.8. The Hall–Kier alpha value is -1.18. The standard InChI is InChI=1S/C42H74O7/c1-3-5-7-13-19-25-35-37(47-35)27-21-15-9-11-17-23-29-45-41(43)33-31-39-40(49-39)32-34(33)42(44)46-30-24-18-12-10-16-22-28-38-36(48-38)26-20-14-8-6-4-2/h33-40H,3-32H2,1-2H3. The summed E-state index contributed by atoms with van der Waals surface area (Å²) >= 11 is 0. The second kappa shape index (κ2) is 24.1. The Kier molecular flexibility index (Phi) is 20.0. The highest BCUT2D eigenvalue weighted by atomic mass is 16.6. The molecule has 3 heterocycles. The molecule has 0 spiro atoms. The van der Waals surface area contributed by atoms with Crippen LogP contribution in [0.4, 0.5) is 0 Å². The van der Waals surface area contributed by atoms with Gasteiger partial charge in [-0.3, -0.25) is 9.59 Å². The van der Waals surface area contributed by atoms with E-state index in [2.05, 4.69) is 13.8 Å². The van der Waals surface area contributed by atoms with E-state index in [9.17, 15) is 9.59 Å². The maximum absolute atomic E-state index is 13.0. The fourth-order valence-corrected chi connectivity index (χ4v) is 8.09. The van der Waals surface area contributed by atoms with Crippen LogP contribution >= 0.6 is 0 Å². The highest BCUT2D eigenvalue weighted by Crippen LogP contribution is 2.44. The molecule has 0 bridgehead atoms. The van der Waals surface area contributed by atoms with E-state index in [4.69, 9.17) is 23.7 Å². The average Bonchev–Trinajstić information content (AvgIpc) is 4.02. The van der Waals surface area contributed by atoms with Crippen LogP contribution in [0.5, 0.6) is 0 Å². The van der Waals surface area contributed by atoms with Crippen LogP contribution in [0.25, 0.3) is 0 Å². The Bertz CT molecular complexity index is 824. The minimum absolute atomic E-state index is 0.108. The fourth-order valence-electron chi connectivity index (χ4n) is 8.09. The summed E-state index contributed by atoms with van der Waals surface area (Å²) in [6, 6.07) is 0. The Morgan fingerprint density at radius 1 is 0.429 bits per heavy atom. The van der Waals surface area contributed by atoms with E-state index in [-0.39, 0.29) is 24.1 Å². The highest BCUT2D eigenvalue weighted by molar-refractivity contribution is 5.82. The fraction of sp³-hybridized carbons (Fsp3) is 0.952. The average molecular weight is 691 g/mol. The van der Waals surface area contributed by atoms with Gasteiger partial charge in [0.05, 0.1) is 61.7 Å². The highest BCUT2D eigenvalue weighted by Gasteiger charge is 2.53. The van der Waals surface area contributed by atoms with Gasteiger partial charge >= 0.3 is 11.9 Å². The molecule has 3 aliphatic heterocycles. The van der Waals surface area contributed by atoms with Gasteiger partial charge in [0.25, 0.3) is 0 Å². The lowest BCUT2D eigenvalue weighted by molar-refractivity contribution is -0.162. The maximum Gasteiger partial charge on any atom is 0.309 e. The van der Waals surface area contributed by atoms with Gasteiger partial charge in [-0.15, -0.1) is 0 Å². The zero-order valence-corrected chi connectivity index (χ0v) is 31.7. The van der Waals surface area contributed by atoms with E-state index >= 15 is 0 Å². The van der Waals surface area contributed by atoms with Gasteiger partial charge in [0.15, 0.2) is 0 Å². The number of ether oxygens (including phenoxy) is 5. The van der Waals surface area contributed by atoms with E-state index in [0.29, 0.717) is 50.5 Å². The van der Waals surface area contributed by atoms with Gasteiger partial charge in [-0.25, -0.2) is 0 Å². The van der Waals surface area contributed by atoms with E-state index in [0.717, 1.165) is 25.7 Å². The van der Waals surface area contributed by atoms with Gasteiger partial charge in [0, 0.05) is 0 Å². The minimum atomic E-state index is -0.433. The molecule has 0 N–H and O–H groups in total. The summed E-state index contributed by atoms with van der Waals surface area (Å²) in [6.45, 7) is 5.41. The molecule has 1 saturated carbocycles. The van der Waals surface area contributed by atoms with Crippen molar-refractivity contribution in [3.8, 4) is 0 Å².